The van der Waals surface area contributed by atoms with Crippen LogP contribution in [0.2, 0.25) is 0 Å². The Kier molecular flexibility index (Phi) is 10.6. The molecule has 12 heteroatoms. The van der Waals surface area contributed by atoms with Gasteiger partial charge in [-0.3, -0.25) is 28.8 Å². The number of hydrogen-bond donors (Lipinski definition) is 4. The van der Waals surface area contributed by atoms with Crippen LogP contribution < -0.4 is 21.3 Å². The van der Waals surface area contributed by atoms with E-state index in [1.165, 1.54) is 11.3 Å². The van der Waals surface area contributed by atoms with Crippen LogP contribution in [0.25, 0.3) is 0 Å². The highest BCUT2D eigenvalue weighted by atomic mass is 32.1. The molecule has 0 spiro atoms. The number of piperidine rings is 1. The number of nitrogens with one attached hydrogen (secondary N) is 4. The fraction of sp³-hybridized carbons (Fsp3) is 0.636. The van der Waals surface area contributed by atoms with Gasteiger partial charge in [0.2, 0.25) is 23.5 Å². The van der Waals surface area contributed by atoms with Gasteiger partial charge >= 0.3 is 0 Å². The van der Waals surface area contributed by atoms with Gasteiger partial charge in [0.1, 0.15) is 18.1 Å². The Morgan fingerprint density at radius 2 is 1.54 bits per heavy atom. The molecule has 1 aromatic carbocycles. The molecule has 1 aromatic heterocycles. The Labute approximate surface area is 333 Å². The maximum Gasteiger partial charge on any atom is 0.289 e. The molecule has 3 unspecified atom stereocenters. The molecule has 56 heavy (non-hydrogen) atoms. The van der Waals surface area contributed by atoms with Crippen LogP contribution >= 0.6 is 11.3 Å². The van der Waals surface area contributed by atoms with E-state index in [0.29, 0.717) is 30.7 Å². The summed E-state index contributed by atoms with van der Waals surface area (Å²) in [4.78, 5) is 86.8. The lowest BCUT2D eigenvalue weighted by atomic mass is 9.70. The molecule has 6 atom stereocenters. The van der Waals surface area contributed by atoms with E-state index in [1.54, 1.807) is 11.0 Å². The molecule has 0 bridgehead atoms. The summed E-state index contributed by atoms with van der Waals surface area (Å²) in [6, 6.07) is 8.05. The largest absolute Gasteiger partial charge is 0.347 e. The van der Waals surface area contributed by atoms with Gasteiger partial charge in [0.25, 0.3) is 11.8 Å². The van der Waals surface area contributed by atoms with Crippen LogP contribution in [0.15, 0.2) is 41.8 Å². The van der Waals surface area contributed by atoms with Gasteiger partial charge in [0.15, 0.2) is 0 Å². The number of amides is 5. The number of nitrogens with zero attached hydrogens (tertiary/aromatic N) is 1. The van der Waals surface area contributed by atoms with Crippen molar-refractivity contribution in [2.45, 2.75) is 134 Å². The van der Waals surface area contributed by atoms with E-state index in [-0.39, 0.29) is 52.8 Å². The van der Waals surface area contributed by atoms with Crippen molar-refractivity contribution in [3.05, 3.63) is 57.8 Å². The summed E-state index contributed by atoms with van der Waals surface area (Å²) in [5.41, 5.74) is 1.57. The molecule has 5 amide bonds. The van der Waals surface area contributed by atoms with Crippen LogP contribution in [0.5, 0.6) is 0 Å². The summed E-state index contributed by atoms with van der Waals surface area (Å²) in [5.74, 6) is -2.74. The van der Waals surface area contributed by atoms with E-state index in [4.69, 9.17) is 0 Å². The van der Waals surface area contributed by atoms with Crippen molar-refractivity contribution < 1.29 is 28.8 Å². The number of carbonyl (C=O) groups is 6. The minimum atomic E-state index is -0.965. The predicted octanol–water partition coefficient (Wildman–Crippen LogP) is 4.72. The molecule has 2 heterocycles. The monoisotopic (exact) mass is 783 g/mol. The van der Waals surface area contributed by atoms with E-state index in [2.05, 4.69) is 54.2 Å². The van der Waals surface area contributed by atoms with Gasteiger partial charge in [-0.15, -0.1) is 11.3 Å². The summed E-state index contributed by atoms with van der Waals surface area (Å²) >= 11 is 1.32. The summed E-state index contributed by atoms with van der Waals surface area (Å²) in [6.07, 6.45) is 10.8. The molecular weight excluding hydrogens is 727 g/mol. The number of fused-ring (bicyclic) bond motifs is 2. The Hall–Kier alpha value is -4.06. The average molecular weight is 784 g/mol. The van der Waals surface area contributed by atoms with E-state index < -0.39 is 47.2 Å². The van der Waals surface area contributed by atoms with Crippen LogP contribution in [0, 0.1) is 34.5 Å². The van der Waals surface area contributed by atoms with Gasteiger partial charge in [0, 0.05) is 12.6 Å². The molecule has 5 fully saturated rings. The van der Waals surface area contributed by atoms with Gasteiger partial charge in [-0.2, -0.15) is 0 Å². The number of ketones is 1. The molecule has 8 rings (SSSR count). The number of rotatable bonds is 14. The Morgan fingerprint density at radius 3 is 2.14 bits per heavy atom. The molecule has 5 aliphatic carbocycles. The Balaban J connectivity index is 1.07. The van der Waals surface area contributed by atoms with E-state index in [1.807, 2.05) is 23.6 Å². The van der Waals surface area contributed by atoms with Gasteiger partial charge < -0.3 is 26.2 Å². The van der Waals surface area contributed by atoms with Crippen molar-refractivity contribution in [1.82, 2.24) is 26.2 Å². The SMILES string of the molecule is CC1(C)C2CN(C(=O)[C@@H](NC(=O)[C@@H](NC(=O)c3cccs3)C3(C)CCCCC3)C3Cc4ccccc4C3)[C@H](C(=O)NC(CC3CCC3)C(=O)C(=O)NC3CC3)C21. The van der Waals surface area contributed by atoms with Gasteiger partial charge in [-0.25, -0.2) is 0 Å². The quantitative estimate of drug-likeness (QED) is 0.204. The van der Waals surface area contributed by atoms with Crippen molar-refractivity contribution >= 4 is 46.7 Å². The summed E-state index contributed by atoms with van der Waals surface area (Å²) in [5, 5.41) is 13.9. The number of likely N-dealkylation sites (tertiary alicyclic amines) is 1. The highest BCUT2D eigenvalue weighted by Crippen LogP contribution is 2.65. The molecule has 300 valence electrons. The lowest BCUT2D eigenvalue weighted by molar-refractivity contribution is -0.146. The fourth-order valence-corrected chi connectivity index (χ4v) is 11.1. The third-order valence-electron chi connectivity index (χ3n) is 14.4. The van der Waals surface area contributed by atoms with Gasteiger partial charge in [-0.05, 0) is 102 Å². The topological polar surface area (TPSA) is 154 Å². The molecule has 1 aliphatic heterocycles. The molecular formula is C44H57N5O6S. The van der Waals surface area contributed by atoms with Crippen molar-refractivity contribution in [1.29, 1.82) is 0 Å². The minimum absolute atomic E-state index is 0.0145. The second-order valence-corrected chi connectivity index (χ2v) is 19.6. The Bertz CT molecular complexity index is 1840. The second-order valence-electron chi connectivity index (χ2n) is 18.6. The highest BCUT2D eigenvalue weighted by molar-refractivity contribution is 7.12. The third kappa shape index (κ3) is 7.66. The number of benzene rings is 1. The summed E-state index contributed by atoms with van der Waals surface area (Å²) in [7, 11) is 0. The molecule has 1 saturated heterocycles. The lowest BCUT2D eigenvalue weighted by Crippen LogP contribution is -2.63. The van der Waals surface area contributed by atoms with E-state index >= 15 is 4.79 Å². The molecule has 2 aromatic rings. The highest BCUT2D eigenvalue weighted by Gasteiger charge is 2.70. The first-order valence-corrected chi connectivity index (χ1v) is 21.9. The van der Waals surface area contributed by atoms with Crippen molar-refractivity contribution in [2.24, 2.45) is 34.5 Å². The standard InChI is InChI=1S/C44H57N5O6S/c1-43(2)30-24-49(35(33(30)43)39(52)46-31(21-25-11-9-12-25)36(50)40(53)45-29-16-17-29)42(55)34(28-22-26-13-5-6-14-27(26)23-28)47-41(54)37(44(3)18-7-4-8-19-44)48-38(51)32-15-10-20-56-32/h5-6,10,13-15,20,25,28-31,33-35,37H,4,7-9,11-12,16-19,21-24H2,1-3H3,(H,45,53)(H,46,52)(H,47,54)(H,48,51)/t30?,31?,33?,34-,35-,37+/m0/s1. The molecule has 6 aliphatic rings. The third-order valence-corrected chi connectivity index (χ3v) is 15.3. The van der Waals surface area contributed by atoms with Crippen molar-refractivity contribution in [3.8, 4) is 0 Å². The van der Waals surface area contributed by atoms with Gasteiger partial charge in [-0.1, -0.05) is 89.6 Å². The lowest BCUT2D eigenvalue weighted by Gasteiger charge is -2.41. The molecule has 11 nitrogen and oxygen atoms in total. The first-order chi connectivity index (χ1) is 26.8. The number of hydrogen-bond acceptors (Lipinski definition) is 7. The normalized spacial score (nSPS) is 26.4. The zero-order valence-electron chi connectivity index (χ0n) is 32.9. The number of Topliss-reactive ketones (excluding diaryl/α,β-unsaturated/α-hetero) is 1. The van der Waals surface area contributed by atoms with Crippen molar-refractivity contribution in [3.63, 3.8) is 0 Å². The van der Waals surface area contributed by atoms with Crippen LogP contribution in [0.4, 0.5) is 0 Å². The Morgan fingerprint density at radius 1 is 0.839 bits per heavy atom. The van der Waals surface area contributed by atoms with E-state index in [9.17, 15) is 24.0 Å². The molecule has 4 N–H and O–H groups in total. The fourth-order valence-electron chi connectivity index (χ4n) is 10.4. The van der Waals surface area contributed by atoms with E-state index in [0.717, 1.165) is 75.3 Å². The van der Waals surface area contributed by atoms with Crippen LogP contribution in [-0.4, -0.2) is 77.0 Å². The molecule has 0 radical (unpaired) electrons. The number of thiophene rings is 1. The maximum atomic E-state index is 15.2. The zero-order chi connectivity index (χ0) is 39.4. The first kappa shape index (κ1) is 38.8. The predicted molar refractivity (Wildman–Crippen MR) is 212 cm³/mol. The van der Waals surface area contributed by atoms with Crippen molar-refractivity contribution in [2.75, 3.05) is 6.54 Å². The molecule has 4 saturated carbocycles. The van der Waals surface area contributed by atoms with Gasteiger partial charge in [0.05, 0.1) is 10.9 Å². The second kappa shape index (κ2) is 15.4. The van der Waals surface area contributed by atoms with Crippen LogP contribution in [0.3, 0.4) is 0 Å². The first-order valence-electron chi connectivity index (χ1n) is 21.0. The van der Waals surface area contributed by atoms with Crippen LogP contribution in [0.1, 0.15) is 112 Å². The summed E-state index contributed by atoms with van der Waals surface area (Å²) in [6.45, 7) is 6.66. The smallest absolute Gasteiger partial charge is 0.289 e. The van der Waals surface area contributed by atoms with Crippen LogP contribution in [-0.2, 0) is 36.8 Å². The minimum Gasteiger partial charge on any atom is -0.347 e. The summed E-state index contributed by atoms with van der Waals surface area (Å²) < 4.78 is 0. The number of carbonyl (C=O) groups excluding carboxylic acids is 6. The average Bonchev–Trinajstić information content (AvgIpc) is 3.72. The maximum absolute atomic E-state index is 15.2. The zero-order valence-corrected chi connectivity index (χ0v) is 33.8.